The topological polar surface area (TPSA) is 83.5 Å². The number of sulfone groups is 1. The summed E-state index contributed by atoms with van der Waals surface area (Å²) in [6.45, 7) is 8.12. The van der Waals surface area contributed by atoms with Crippen molar-refractivity contribution in [3.05, 3.63) is 45.9 Å². The molecule has 0 saturated heterocycles. The maximum absolute atomic E-state index is 11.5. The van der Waals surface area contributed by atoms with E-state index in [1.165, 1.54) is 6.26 Å². The molecule has 2 aromatic rings. The van der Waals surface area contributed by atoms with E-state index in [-0.39, 0.29) is 24.0 Å². The molecule has 6 nitrogen and oxygen atoms in total. The molecule has 1 heterocycles. The van der Waals surface area contributed by atoms with Crippen LogP contribution in [-0.4, -0.2) is 32.2 Å². The fourth-order valence-corrected chi connectivity index (χ4v) is 3.71. The summed E-state index contributed by atoms with van der Waals surface area (Å²) >= 11 is 1.64. The van der Waals surface area contributed by atoms with E-state index in [4.69, 9.17) is 0 Å². The molecule has 1 aromatic heterocycles. The van der Waals surface area contributed by atoms with Crippen molar-refractivity contribution >= 4 is 51.1 Å². The first-order chi connectivity index (χ1) is 12.3. The number of hydrogen-bond donors (Lipinski definition) is 2. The minimum Gasteiger partial charge on any atom is -0.357 e. The molecular formula is C18H27IN4O2S2. The minimum absolute atomic E-state index is 0. The molecule has 2 rings (SSSR count). The zero-order valence-electron chi connectivity index (χ0n) is 16.0. The highest BCUT2D eigenvalue weighted by Crippen LogP contribution is 2.17. The van der Waals surface area contributed by atoms with Crippen molar-refractivity contribution in [2.24, 2.45) is 4.99 Å². The number of aromatic nitrogens is 1. The Hall–Kier alpha value is -1.20. The molecule has 1 aromatic carbocycles. The highest BCUT2D eigenvalue weighted by Gasteiger charge is 2.07. The third-order valence-corrected chi connectivity index (χ3v) is 5.68. The summed E-state index contributed by atoms with van der Waals surface area (Å²) < 4.78 is 23.0. The van der Waals surface area contributed by atoms with Crippen LogP contribution in [0.4, 0.5) is 0 Å². The predicted molar refractivity (Wildman–Crippen MR) is 123 cm³/mol. The Morgan fingerprint density at radius 2 is 1.89 bits per heavy atom. The van der Waals surface area contributed by atoms with Crippen molar-refractivity contribution in [2.75, 3.05) is 12.8 Å². The third-order valence-electron chi connectivity index (χ3n) is 3.68. The maximum atomic E-state index is 11.5. The summed E-state index contributed by atoms with van der Waals surface area (Å²) in [6.07, 6.45) is 1.21. The quantitative estimate of drug-likeness (QED) is 0.330. The second-order valence-corrected chi connectivity index (χ2v) is 9.24. The third kappa shape index (κ3) is 7.74. The lowest BCUT2D eigenvalue weighted by Crippen LogP contribution is -2.36. The standard InChI is InChI=1S/C18H26N4O2S2.HI/c1-5-19-18(21-11-17-22-16(12-25-17)13(2)3)20-10-14-6-8-15(9-7-14)26(4,23)24;/h6-9,12-13H,5,10-11H2,1-4H3,(H2,19,20,21);1H. The van der Waals surface area contributed by atoms with E-state index in [9.17, 15) is 8.42 Å². The molecule has 0 aliphatic rings. The molecule has 150 valence electrons. The Bertz CT molecular complexity index is 847. The molecule has 0 atom stereocenters. The average molecular weight is 522 g/mol. The van der Waals surface area contributed by atoms with Crippen LogP contribution in [0.1, 0.15) is 43.0 Å². The molecule has 0 aliphatic carbocycles. The molecule has 0 saturated carbocycles. The van der Waals surface area contributed by atoms with Gasteiger partial charge in [0, 0.05) is 18.2 Å². The first kappa shape index (κ1) is 23.8. The highest BCUT2D eigenvalue weighted by atomic mass is 127. The van der Waals surface area contributed by atoms with Gasteiger partial charge in [0.05, 0.1) is 23.7 Å². The number of hydrogen-bond acceptors (Lipinski definition) is 5. The van der Waals surface area contributed by atoms with Gasteiger partial charge < -0.3 is 10.6 Å². The van der Waals surface area contributed by atoms with Crippen LogP contribution in [-0.2, 0) is 22.9 Å². The Morgan fingerprint density at radius 3 is 2.41 bits per heavy atom. The monoisotopic (exact) mass is 522 g/mol. The molecule has 0 radical (unpaired) electrons. The lowest BCUT2D eigenvalue weighted by Gasteiger charge is -2.10. The number of benzene rings is 1. The van der Waals surface area contributed by atoms with Crippen molar-refractivity contribution in [1.82, 2.24) is 15.6 Å². The maximum Gasteiger partial charge on any atom is 0.191 e. The van der Waals surface area contributed by atoms with E-state index in [0.717, 1.165) is 22.8 Å². The van der Waals surface area contributed by atoms with Crippen molar-refractivity contribution in [3.8, 4) is 0 Å². The number of nitrogens with one attached hydrogen (secondary N) is 2. The lowest BCUT2D eigenvalue weighted by molar-refractivity contribution is 0.602. The molecule has 2 N–H and O–H groups in total. The van der Waals surface area contributed by atoms with Crippen LogP contribution < -0.4 is 10.6 Å². The Balaban J connectivity index is 0.00000364. The first-order valence-electron chi connectivity index (χ1n) is 8.55. The number of guanidine groups is 1. The van der Waals surface area contributed by atoms with Crippen molar-refractivity contribution in [3.63, 3.8) is 0 Å². The Kier molecular flexibility index (Phi) is 9.68. The molecule has 0 unspecified atom stereocenters. The number of halogens is 1. The van der Waals surface area contributed by atoms with Gasteiger partial charge in [-0.2, -0.15) is 0 Å². The van der Waals surface area contributed by atoms with Gasteiger partial charge in [-0.25, -0.2) is 18.4 Å². The molecule has 0 amide bonds. The van der Waals surface area contributed by atoms with Gasteiger partial charge in [0.25, 0.3) is 0 Å². The van der Waals surface area contributed by atoms with E-state index in [1.807, 2.05) is 6.92 Å². The van der Waals surface area contributed by atoms with Gasteiger partial charge in [-0.3, -0.25) is 0 Å². The summed E-state index contributed by atoms with van der Waals surface area (Å²) in [5, 5.41) is 9.61. The van der Waals surface area contributed by atoms with Crippen molar-refractivity contribution < 1.29 is 8.42 Å². The summed E-state index contributed by atoms with van der Waals surface area (Å²) in [5.41, 5.74) is 2.06. The van der Waals surface area contributed by atoms with Gasteiger partial charge in [0.2, 0.25) is 0 Å². The fraction of sp³-hybridized carbons (Fsp3) is 0.444. The summed E-state index contributed by atoms with van der Waals surface area (Å²) in [6, 6.07) is 6.81. The number of thiazole rings is 1. The normalized spacial score (nSPS) is 12.0. The molecule has 0 spiro atoms. The van der Waals surface area contributed by atoms with Gasteiger partial charge >= 0.3 is 0 Å². The average Bonchev–Trinajstić information content (AvgIpc) is 3.06. The minimum atomic E-state index is -3.17. The number of rotatable bonds is 7. The molecule has 0 fully saturated rings. The zero-order valence-corrected chi connectivity index (χ0v) is 20.0. The van der Waals surface area contributed by atoms with Crippen LogP contribution in [0.3, 0.4) is 0 Å². The number of aliphatic imine (C=N–C) groups is 1. The van der Waals surface area contributed by atoms with Gasteiger partial charge in [-0.05, 0) is 30.5 Å². The SMILES string of the molecule is CCNC(=NCc1ccc(S(C)(=O)=O)cc1)NCc1nc(C(C)C)cs1.I. The zero-order chi connectivity index (χ0) is 19.2. The fourth-order valence-electron chi connectivity index (χ4n) is 2.18. The van der Waals surface area contributed by atoms with Gasteiger partial charge in [0.1, 0.15) is 5.01 Å². The Labute approximate surface area is 182 Å². The van der Waals surface area contributed by atoms with Crippen molar-refractivity contribution in [2.45, 2.75) is 44.7 Å². The first-order valence-corrected chi connectivity index (χ1v) is 11.3. The number of nitrogens with zero attached hydrogens (tertiary/aromatic N) is 2. The summed E-state index contributed by atoms with van der Waals surface area (Å²) in [5.74, 6) is 1.14. The highest BCUT2D eigenvalue weighted by molar-refractivity contribution is 14.0. The molecule has 0 bridgehead atoms. The van der Waals surface area contributed by atoms with Gasteiger partial charge in [0.15, 0.2) is 15.8 Å². The van der Waals surface area contributed by atoms with E-state index < -0.39 is 9.84 Å². The van der Waals surface area contributed by atoms with Crippen LogP contribution in [0.25, 0.3) is 0 Å². The van der Waals surface area contributed by atoms with Gasteiger partial charge in [-0.15, -0.1) is 35.3 Å². The van der Waals surface area contributed by atoms with Crippen LogP contribution in [0, 0.1) is 0 Å². The predicted octanol–water partition coefficient (Wildman–Crippen LogP) is 3.54. The van der Waals surface area contributed by atoms with Crippen LogP contribution >= 0.6 is 35.3 Å². The van der Waals surface area contributed by atoms with Crippen molar-refractivity contribution in [1.29, 1.82) is 0 Å². The van der Waals surface area contributed by atoms with Gasteiger partial charge in [-0.1, -0.05) is 26.0 Å². The van der Waals surface area contributed by atoms with Crippen LogP contribution in [0.2, 0.25) is 0 Å². The van der Waals surface area contributed by atoms with E-state index in [1.54, 1.807) is 35.6 Å². The molecule has 27 heavy (non-hydrogen) atoms. The largest absolute Gasteiger partial charge is 0.357 e. The van der Waals surface area contributed by atoms with E-state index in [0.29, 0.717) is 29.9 Å². The summed E-state index contributed by atoms with van der Waals surface area (Å²) in [7, 11) is -3.17. The van der Waals surface area contributed by atoms with Crippen LogP contribution in [0.5, 0.6) is 0 Å². The smallest absolute Gasteiger partial charge is 0.191 e. The summed E-state index contributed by atoms with van der Waals surface area (Å²) in [4.78, 5) is 9.48. The molecule has 0 aliphatic heterocycles. The van der Waals surface area contributed by atoms with E-state index >= 15 is 0 Å². The molecule has 9 heteroatoms. The molecular weight excluding hydrogens is 495 g/mol. The second kappa shape index (κ2) is 11.0. The second-order valence-electron chi connectivity index (χ2n) is 6.29. The lowest BCUT2D eigenvalue weighted by atomic mass is 10.2. The van der Waals surface area contributed by atoms with E-state index in [2.05, 4.69) is 39.8 Å². The van der Waals surface area contributed by atoms with Crippen LogP contribution in [0.15, 0.2) is 39.5 Å². The Morgan fingerprint density at radius 1 is 1.22 bits per heavy atom.